The Morgan fingerprint density at radius 3 is 2.54 bits per heavy atom. The molecule has 4 nitrogen and oxygen atoms in total. The van der Waals surface area contributed by atoms with Crippen LogP contribution in [0.2, 0.25) is 10.0 Å². The number of amides is 2. The van der Waals surface area contributed by atoms with Crippen molar-refractivity contribution in [2.75, 3.05) is 37.6 Å². The van der Waals surface area contributed by atoms with Crippen molar-refractivity contribution in [3.8, 4) is 0 Å². The molecule has 0 atom stereocenters. The van der Waals surface area contributed by atoms with Gasteiger partial charge in [0.1, 0.15) is 5.82 Å². The second kappa shape index (κ2) is 8.60. The normalized spacial score (nSPS) is 14.4. The number of anilines is 1. The highest BCUT2D eigenvalue weighted by atomic mass is 35.5. The highest BCUT2D eigenvalue weighted by Crippen LogP contribution is 2.29. The standard InChI is InChI=1S/C19H20Cl2FN3O/c20-15-5-6-16(21)18(13-15)24-9-11-25(12-10-24)19(26)23-8-7-14-3-1-2-4-17(14)22/h1-6,13H,7-12H2,(H,23,26). The Morgan fingerprint density at radius 2 is 1.81 bits per heavy atom. The summed E-state index contributed by atoms with van der Waals surface area (Å²) in [5, 5.41) is 4.14. The predicted molar refractivity (Wildman–Crippen MR) is 104 cm³/mol. The van der Waals surface area contributed by atoms with E-state index in [1.165, 1.54) is 6.07 Å². The molecule has 2 aromatic carbocycles. The quantitative estimate of drug-likeness (QED) is 0.841. The van der Waals surface area contributed by atoms with Crippen molar-refractivity contribution < 1.29 is 9.18 Å². The lowest BCUT2D eigenvalue weighted by Crippen LogP contribution is -2.52. The molecule has 1 heterocycles. The van der Waals surface area contributed by atoms with Crippen LogP contribution in [-0.2, 0) is 6.42 Å². The third-order valence-corrected chi connectivity index (χ3v) is 5.00. The number of nitrogens with zero attached hydrogens (tertiary/aromatic N) is 2. The molecule has 0 radical (unpaired) electrons. The average molecular weight is 396 g/mol. The SMILES string of the molecule is O=C(NCCc1ccccc1F)N1CCN(c2cc(Cl)ccc2Cl)CC1. The smallest absolute Gasteiger partial charge is 0.317 e. The number of nitrogens with one attached hydrogen (secondary N) is 1. The molecule has 1 aliphatic heterocycles. The van der Waals surface area contributed by atoms with Crippen LogP contribution in [0.1, 0.15) is 5.56 Å². The van der Waals surface area contributed by atoms with Gasteiger partial charge in [0.05, 0.1) is 10.7 Å². The van der Waals surface area contributed by atoms with Crippen LogP contribution >= 0.6 is 23.2 Å². The van der Waals surface area contributed by atoms with Crippen molar-refractivity contribution >= 4 is 34.9 Å². The van der Waals surface area contributed by atoms with E-state index in [2.05, 4.69) is 10.2 Å². The zero-order valence-corrected chi connectivity index (χ0v) is 15.7. The highest BCUT2D eigenvalue weighted by molar-refractivity contribution is 6.35. The van der Waals surface area contributed by atoms with Gasteiger partial charge in [0.25, 0.3) is 0 Å². The van der Waals surface area contributed by atoms with Gasteiger partial charge in [-0.25, -0.2) is 9.18 Å². The Bertz CT molecular complexity index is 779. The fourth-order valence-electron chi connectivity index (χ4n) is 3.00. The van der Waals surface area contributed by atoms with Crippen LogP contribution < -0.4 is 10.2 Å². The monoisotopic (exact) mass is 395 g/mol. The minimum atomic E-state index is -0.242. The fourth-order valence-corrected chi connectivity index (χ4v) is 3.40. The van der Waals surface area contributed by atoms with E-state index in [1.807, 2.05) is 6.07 Å². The second-order valence-electron chi connectivity index (χ2n) is 6.14. The molecule has 0 saturated carbocycles. The van der Waals surface area contributed by atoms with Gasteiger partial charge >= 0.3 is 6.03 Å². The van der Waals surface area contributed by atoms with Crippen molar-refractivity contribution in [1.82, 2.24) is 10.2 Å². The maximum Gasteiger partial charge on any atom is 0.317 e. The molecule has 1 saturated heterocycles. The van der Waals surface area contributed by atoms with E-state index >= 15 is 0 Å². The molecule has 1 aliphatic rings. The highest BCUT2D eigenvalue weighted by Gasteiger charge is 2.22. The summed E-state index contributed by atoms with van der Waals surface area (Å²) in [6.45, 7) is 2.95. The Balaban J connectivity index is 1.48. The first-order valence-corrected chi connectivity index (χ1v) is 9.26. The first-order chi connectivity index (χ1) is 12.5. The summed E-state index contributed by atoms with van der Waals surface area (Å²) >= 11 is 12.3. The number of benzene rings is 2. The minimum Gasteiger partial charge on any atom is -0.367 e. The maximum absolute atomic E-state index is 13.6. The number of urea groups is 1. The molecule has 7 heteroatoms. The summed E-state index contributed by atoms with van der Waals surface area (Å²) in [7, 11) is 0. The van der Waals surface area contributed by atoms with Crippen molar-refractivity contribution in [2.24, 2.45) is 0 Å². The molecule has 0 aromatic heterocycles. The number of hydrogen-bond donors (Lipinski definition) is 1. The Kier molecular flexibility index (Phi) is 6.22. The van der Waals surface area contributed by atoms with Crippen LogP contribution in [0.25, 0.3) is 0 Å². The van der Waals surface area contributed by atoms with Crippen LogP contribution in [0.5, 0.6) is 0 Å². The summed E-state index contributed by atoms with van der Waals surface area (Å²) in [4.78, 5) is 16.2. The topological polar surface area (TPSA) is 35.6 Å². The third kappa shape index (κ3) is 4.59. The molecule has 1 fully saturated rings. The maximum atomic E-state index is 13.6. The van der Waals surface area contributed by atoms with E-state index in [0.29, 0.717) is 54.8 Å². The van der Waals surface area contributed by atoms with Gasteiger partial charge in [-0.05, 0) is 36.2 Å². The first kappa shape index (κ1) is 18.8. The summed E-state index contributed by atoms with van der Waals surface area (Å²) in [6, 6.07) is 11.9. The molecule has 0 bridgehead atoms. The van der Waals surface area contributed by atoms with Crippen molar-refractivity contribution in [3.63, 3.8) is 0 Å². The second-order valence-corrected chi connectivity index (χ2v) is 6.99. The minimum absolute atomic E-state index is 0.127. The van der Waals surface area contributed by atoms with Gasteiger partial charge in [-0.1, -0.05) is 41.4 Å². The molecule has 0 aliphatic carbocycles. The predicted octanol–water partition coefficient (Wildman–Crippen LogP) is 4.21. The first-order valence-electron chi connectivity index (χ1n) is 8.51. The largest absolute Gasteiger partial charge is 0.367 e. The van der Waals surface area contributed by atoms with E-state index in [4.69, 9.17) is 23.2 Å². The lowest BCUT2D eigenvalue weighted by Gasteiger charge is -2.36. The van der Waals surface area contributed by atoms with E-state index < -0.39 is 0 Å². The molecular formula is C19H20Cl2FN3O. The molecule has 0 spiro atoms. The van der Waals surface area contributed by atoms with Gasteiger partial charge in [-0.2, -0.15) is 0 Å². The molecule has 138 valence electrons. The van der Waals surface area contributed by atoms with E-state index in [1.54, 1.807) is 35.2 Å². The number of carbonyl (C=O) groups is 1. The summed E-state index contributed by atoms with van der Waals surface area (Å²) < 4.78 is 13.6. The molecular weight excluding hydrogens is 376 g/mol. The van der Waals surface area contributed by atoms with E-state index in [0.717, 1.165) is 5.69 Å². The molecule has 1 N–H and O–H groups in total. The van der Waals surface area contributed by atoms with Gasteiger partial charge < -0.3 is 15.1 Å². The van der Waals surface area contributed by atoms with Gasteiger partial charge in [0.2, 0.25) is 0 Å². The van der Waals surface area contributed by atoms with Gasteiger partial charge in [-0.3, -0.25) is 0 Å². The summed E-state index contributed by atoms with van der Waals surface area (Å²) in [6.07, 6.45) is 0.469. The van der Waals surface area contributed by atoms with Gasteiger partial charge in [-0.15, -0.1) is 0 Å². The van der Waals surface area contributed by atoms with Gasteiger partial charge in [0.15, 0.2) is 0 Å². The Hall–Kier alpha value is -1.98. The number of piperazine rings is 1. The van der Waals surface area contributed by atoms with Crippen molar-refractivity contribution in [3.05, 3.63) is 63.9 Å². The Morgan fingerprint density at radius 1 is 1.08 bits per heavy atom. The van der Waals surface area contributed by atoms with Gasteiger partial charge in [0, 0.05) is 37.7 Å². The number of halogens is 3. The molecule has 26 heavy (non-hydrogen) atoms. The Labute approximate surface area is 162 Å². The number of carbonyl (C=O) groups excluding carboxylic acids is 1. The van der Waals surface area contributed by atoms with Crippen LogP contribution in [0.3, 0.4) is 0 Å². The van der Waals surface area contributed by atoms with E-state index in [-0.39, 0.29) is 11.8 Å². The zero-order chi connectivity index (χ0) is 18.5. The van der Waals surface area contributed by atoms with Crippen LogP contribution in [-0.4, -0.2) is 43.7 Å². The third-order valence-electron chi connectivity index (χ3n) is 4.44. The van der Waals surface area contributed by atoms with E-state index in [9.17, 15) is 9.18 Å². The van der Waals surface area contributed by atoms with Crippen LogP contribution in [0, 0.1) is 5.82 Å². The zero-order valence-electron chi connectivity index (χ0n) is 14.2. The summed E-state index contributed by atoms with van der Waals surface area (Å²) in [5.74, 6) is -0.242. The van der Waals surface area contributed by atoms with Crippen molar-refractivity contribution in [1.29, 1.82) is 0 Å². The lowest BCUT2D eigenvalue weighted by atomic mass is 10.1. The lowest BCUT2D eigenvalue weighted by molar-refractivity contribution is 0.194. The molecule has 2 amide bonds. The number of rotatable bonds is 4. The van der Waals surface area contributed by atoms with Crippen molar-refractivity contribution in [2.45, 2.75) is 6.42 Å². The van der Waals surface area contributed by atoms with Crippen LogP contribution in [0.15, 0.2) is 42.5 Å². The summed E-state index contributed by atoms with van der Waals surface area (Å²) in [5.41, 5.74) is 1.49. The van der Waals surface area contributed by atoms with Crippen LogP contribution in [0.4, 0.5) is 14.9 Å². The fraction of sp³-hybridized carbons (Fsp3) is 0.316. The molecule has 3 rings (SSSR count). The molecule has 0 unspecified atom stereocenters. The number of hydrogen-bond acceptors (Lipinski definition) is 2. The molecule has 2 aromatic rings. The average Bonchev–Trinajstić information content (AvgIpc) is 2.65.